The number of nitrogens with one attached hydrogen (secondary N) is 2. The van der Waals surface area contributed by atoms with Gasteiger partial charge in [-0.1, -0.05) is 6.07 Å². The van der Waals surface area contributed by atoms with Gasteiger partial charge in [0.25, 0.3) is 0 Å². The number of rotatable bonds is 5. The maximum Gasteiger partial charge on any atom is 0.243 e. The van der Waals surface area contributed by atoms with Crippen LogP contribution in [-0.2, 0) is 17.6 Å². The first-order valence-corrected chi connectivity index (χ1v) is 7.54. The maximum absolute atomic E-state index is 12.0. The number of methoxy groups -OCH3 is 1. The van der Waals surface area contributed by atoms with Gasteiger partial charge in [-0.3, -0.25) is 4.79 Å². The molecule has 2 aromatic rings. The minimum absolute atomic E-state index is 0.0642. The van der Waals surface area contributed by atoms with E-state index in [0.717, 1.165) is 23.5 Å². The van der Waals surface area contributed by atoms with E-state index in [2.05, 4.69) is 22.8 Å². The predicted molar refractivity (Wildman–Crippen MR) is 88.6 cm³/mol. The number of carbonyl (C=O) groups is 1. The third kappa shape index (κ3) is 3.39. The summed E-state index contributed by atoms with van der Waals surface area (Å²) in [6.07, 6.45) is 3.55. The van der Waals surface area contributed by atoms with Crippen LogP contribution in [0.15, 0.2) is 42.5 Å². The van der Waals surface area contributed by atoms with Gasteiger partial charge in [0.1, 0.15) is 5.75 Å². The van der Waals surface area contributed by atoms with Gasteiger partial charge < -0.3 is 15.4 Å². The van der Waals surface area contributed by atoms with E-state index in [0.29, 0.717) is 0 Å². The molecule has 2 aromatic carbocycles. The molecule has 22 heavy (non-hydrogen) atoms. The summed E-state index contributed by atoms with van der Waals surface area (Å²) >= 11 is 0. The summed E-state index contributed by atoms with van der Waals surface area (Å²) in [6, 6.07) is 13.7. The van der Waals surface area contributed by atoms with Gasteiger partial charge in [0, 0.05) is 11.4 Å². The second-order valence-corrected chi connectivity index (χ2v) is 5.47. The zero-order chi connectivity index (χ0) is 15.4. The van der Waals surface area contributed by atoms with Crippen LogP contribution in [0.1, 0.15) is 17.5 Å². The Morgan fingerprint density at radius 3 is 2.55 bits per heavy atom. The molecule has 0 unspecified atom stereocenters. The number of amides is 1. The lowest BCUT2D eigenvalue weighted by Crippen LogP contribution is -2.21. The summed E-state index contributed by atoms with van der Waals surface area (Å²) < 4.78 is 5.09. The average molecular weight is 296 g/mol. The van der Waals surface area contributed by atoms with Gasteiger partial charge in [-0.25, -0.2) is 0 Å². The fourth-order valence-corrected chi connectivity index (χ4v) is 2.74. The Labute approximate surface area is 130 Å². The molecule has 1 aliphatic rings. The second kappa shape index (κ2) is 6.52. The van der Waals surface area contributed by atoms with Gasteiger partial charge in [-0.15, -0.1) is 0 Å². The van der Waals surface area contributed by atoms with E-state index in [9.17, 15) is 4.79 Å². The molecule has 4 heteroatoms. The van der Waals surface area contributed by atoms with E-state index < -0.39 is 0 Å². The lowest BCUT2D eigenvalue weighted by atomic mass is 10.1. The van der Waals surface area contributed by atoms with E-state index in [-0.39, 0.29) is 12.5 Å². The highest BCUT2D eigenvalue weighted by molar-refractivity contribution is 5.93. The van der Waals surface area contributed by atoms with Gasteiger partial charge >= 0.3 is 0 Å². The Hall–Kier alpha value is -2.49. The summed E-state index contributed by atoms with van der Waals surface area (Å²) in [4.78, 5) is 12.0. The molecule has 0 radical (unpaired) electrons. The van der Waals surface area contributed by atoms with Gasteiger partial charge in [-0.05, 0) is 66.8 Å². The standard InChI is InChI=1S/C18H20N2O2/c1-22-17-9-7-15(8-10-17)20-18(21)12-19-16-6-5-13-3-2-4-14(13)11-16/h5-11,19H,2-4,12H2,1H3,(H,20,21). The first kappa shape index (κ1) is 14.4. The molecule has 1 amide bonds. The van der Waals surface area contributed by atoms with Crippen molar-refractivity contribution in [3.8, 4) is 5.75 Å². The van der Waals surface area contributed by atoms with Gasteiger partial charge in [0.2, 0.25) is 5.91 Å². The number of hydrogen-bond acceptors (Lipinski definition) is 3. The van der Waals surface area contributed by atoms with E-state index in [4.69, 9.17) is 4.74 Å². The largest absolute Gasteiger partial charge is 0.497 e. The predicted octanol–water partition coefficient (Wildman–Crippen LogP) is 3.23. The maximum atomic E-state index is 12.0. The van der Waals surface area contributed by atoms with Crippen molar-refractivity contribution in [2.75, 3.05) is 24.3 Å². The second-order valence-electron chi connectivity index (χ2n) is 5.47. The summed E-state index contributed by atoms with van der Waals surface area (Å²) in [5.41, 5.74) is 4.61. The Morgan fingerprint density at radius 1 is 1.05 bits per heavy atom. The number of anilines is 2. The number of ether oxygens (including phenoxy) is 1. The zero-order valence-corrected chi connectivity index (χ0v) is 12.7. The highest BCUT2D eigenvalue weighted by Crippen LogP contribution is 2.24. The molecule has 114 valence electrons. The summed E-state index contributed by atoms with van der Waals surface area (Å²) in [7, 11) is 1.62. The molecule has 0 bridgehead atoms. The van der Waals surface area contributed by atoms with E-state index in [1.807, 2.05) is 30.3 Å². The molecule has 0 atom stereocenters. The topological polar surface area (TPSA) is 50.4 Å². The molecule has 0 saturated carbocycles. The van der Waals surface area contributed by atoms with Crippen molar-refractivity contribution in [1.29, 1.82) is 0 Å². The molecule has 0 aliphatic heterocycles. The summed E-state index contributed by atoms with van der Waals surface area (Å²) in [5.74, 6) is 0.708. The smallest absolute Gasteiger partial charge is 0.243 e. The molecule has 2 N–H and O–H groups in total. The Balaban J connectivity index is 1.53. The third-order valence-corrected chi connectivity index (χ3v) is 3.93. The van der Waals surface area contributed by atoms with Crippen molar-refractivity contribution >= 4 is 17.3 Å². The van der Waals surface area contributed by atoms with Crippen LogP contribution in [0.4, 0.5) is 11.4 Å². The van der Waals surface area contributed by atoms with E-state index in [1.54, 1.807) is 7.11 Å². The van der Waals surface area contributed by atoms with Crippen molar-refractivity contribution in [2.45, 2.75) is 19.3 Å². The Bertz CT molecular complexity index is 665. The molecular weight excluding hydrogens is 276 g/mol. The van der Waals surface area contributed by atoms with Crippen molar-refractivity contribution < 1.29 is 9.53 Å². The molecule has 0 fully saturated rings. The summed E-state index contributed by atoms with van der Waals surface area (Å²) in [6.45, 7) is 0.255. The van der Waals surface area contributed by atoms with Crippen LogP contribution in [0.2, 0.25) is 0 Å². The van der Waals surface area contributed by atoms with E-state index >= 15 is 0 Å². The van der Waals surface area contributed by atoms with Crippen molar-refractivity contribution in [2.24, 2.45) is 0 Å². The molecule has 0 heterocycles. The zero-order valence-electron chi connectivity index (χ0n) is 12.7. The number of aryl methyl sites for hydroxylation is 2. The van der Waals surface area contributed by atoms with E-state index in [1.165, 1.54) is 24.0 Å². The minimum atomic E-state index is -0.0642. The quantitative estimate of drug-likeness (QED) is 0.890. The number of carbonyl (C=O) groups excluding carboxylic acids is 1. The van der Waals surface area contributed by atoms with Crippen molar-refractivity contribution in [1.82, 2.24) is 0 Å². The van der Waals surface area contributed by atoms with Gasteiger partial charge in [-0.2, -0.15) is 0 Å². The van der Waals surface area contributed by atoms with Crippen LogP contribution < -0.4 is 15.4 Å². The SMILES string of the molecule is COc1ccc(NC(=O)CNc2ccc3c(c2)CCC3)cc1. The molecule has 1 aliphatic carbocycles. The van der Waals surface area contributed by atoms with Gasteiger partial charge in [0.15, 0.2) is 0 Å². The fourth-order valence-electron chi connectivity index (χ4n) is 2.74. The van der Waals surface area contributed by atoms with Crippen LogP contribution >= 0.6 is 0 Å². The van der Waals surface area contributed by atoms with Gasteiger partial charge in [0.05, 0.1) is 13.7 Å². The average Bonchev–Trinajstić information content (AvgIpc) is 3.01. The lowest BCUT2D eigenvalue weighted by Gasteiger charge is -2.09. The van der Waals surface area contributed by atoms with Crippen LogP contribution in [0, 0.1) is 0 Å². The number of benzene rings is 2. The molecule has 4 nitrogen and oxygen atoms in total. The molecule has 0 saturated heterocycles. The highest BCUT2D eigenvalue weighted by Gasteiger charge is 2.11. The molecule has 0 spiro atoms. The molecular formula is C18H20N2O2. The van der Waals surface area contributed by atoms with Crippen LogP contribution in [-0.4, -0.2) is 19.6 Å². The van der Waals surface area contributed by atoms with Crippen molar-refractivity contribution in [3.63, 3.8) is 0 Å². The number of fused-ring (bicyclic) bond motifs is 1. The summed E-state index contributed by atoms with van der Waals surface area (Å²) in [5, 5.41) is 6.04. The minimum Gasteiger partial charge on any atom is -0.497 e. The third-order valence-electron chi connectivity index (χ3n) is 3.93. The fraction of sp³-hybridized carbons (Fsp3) is 0.278. The normalized spacial score (nSPS) is 12.6. The molecule has 0 aromatic heterocycles. The highest BCUT2D eigenvalue weighted by atomic mass is 16.5. The Morgan fingerprint density at radius 2 is 1.77 bits per heavy atom. The van der Waals surface area contributed by atoms with Crippen molar-refractivity contribution in [3.05, 3.63) is 53.6 Å². The van der Waals surface area contributed by atoms with Crippen LogP contribution in [0.3, 0.4) is 0 Å². The monoisotopic (exact) mass is 296 g/mol. The molecule has 3 rings (SSSR count). The van der Waals surface area contributed by atoms with Crippen LogP contribution in [0.25, 0.3) is 0 Å². The first-order chi connectivity index (χ1) is 10.7. The number of hydrogen-bond donors (Lipinski definition) is 2. The van der Waals surface area contributed by atoms with Crippen LogP contribution in [0.5, 0.6) is 5.75 Å². The lowest BCUT2D eigenvalue weighted by molar-refractivity contribution is -0.114. The Kier molecular flexibility index (Phi) is 4.28. The first-order valence-electron chi connectivity index (χ1n) is 7.54.